The normalized spacial score (nSPS) is 12.2. The van der Waals surface area contributed by atoms with Gasteiger partial charge in [0.2, 0.25) is 6.79 Å². The number of hydrogen-bond acceptors (Lipinski definition) is 8. The second kappa shape index (κ2) is 9.68. The average molecular weight is 479 g/mol. The van der Waals surface area contributed by atoms with Crippen LogP contribution in [0.3, 0.4) is 0 Å². The number of benzene rings is 2. The summed E-state index contributed by atoms with van der Waals surface area (Å²) in [6.45, 7) is 7.14. The molecule has 33 heavy (non-hydrogen) atoms. The number of hydrogen-bond donors (Lipinski definition) is 0. The van der Waals surface area contributed by atoms with Crippen LogP contribution in [0.4, 0.5) is 0 Å². The molecule has 0 N–H and O–H groups in total. The molecule has 0 radical (unpaired) electrons. The van der Waals surface area contributed by atoms with Crippen molar-refractivity contribution in [1.29, 1.82) is 0 Å². The van der Waals surface area contributed by atoms with Gasteiger partial charge in [-0.3, -0.25) is 4.57 Å². The van der Waals surface area contributed by atoms with Crippen LogP contribution in [0.2, 0.25) is 0 Å². The first-order valence-corrected chi connectivity index (χ1v) is 12.3. The Morgan fingerprint density at radius 2 is 2.00 bits per heavy atom. The third-order valence-corrected chi connectivity index (χ3v) is 6.95. The van der Waals surface area contributed by atoms with E-state index in [4.69, 9.17) is 19.2 Å². The summed E-state index contributed by atoms with van der Waals surface area (Å²) >= 11 is 3.21. The molecule has 0 fully saturated rings. The zero-order valence-corrected chi connectivity index (χ0v) is 19.7. The Morgan fingerprint density at radius 1 is 1.15 bits per heavy atom. The highest BCUT2D eigenvalue weighted by molar-refractivity contribution is 7.98. The first kappa shape index (κ1) is 21.5. The quantitative estimate of drug-likeness (QED) is 0.232. The van der Waals surface area contributed by atoms with Gasteiger partial charge in [-0.2, -0.15) is 0 Å². The second-order valence-corrected chi connectivity index (χ2v) is 9.20. The van der Waals surface area contributed by atoms with Gasteiger partial charge in [-0.15, -0.1) is 28.1 Å². The molecule has 168 valence electrons. The predicted molar refractivity (Wildman–Crippen MR) is 129 cm³/mol. The number of thiazole rings is 1. The molecular formula is C24H22N4O3S2. The van der Waals surface area contributed by atoms with Crippen molar-refractivity contribution in [3.63, 3.8) is 0 Å². The fourth-order valence-electron chi connectivity index (χ4n) is 3.30. The monoisotopic (exact) mass is 478 g/mol. The molecule has 2 aromatic carbocycles. The van der Waals surface area contributed by atoms with Gasteiger partial charge in [0.05, 0.1) is 5.69 Å². The summed E-state index contributed by atoms with van der Waals surface area (Å²) in [6, 6.07) is 13.9. The van der Waals surface area contributed by atoms with Crippen molar-refractivity contribution in [2.24, 2.45) is 0 Å². The summed E-state index contributed by atoms with van der Waals surface area (Å²) in [7, 11) is 0. The van der Waals surface area contributed by atoms with Crippen LogP contribution >= 0.6 is 23.1 Å². The van der Waals surface area contributed by atoms with Gasteiger partial charge in [-0.1, -0.05) is 35.5 Å². The maximum absolute atomic E-state index is 5.90. The zero-order chi connectivity index (χ0) is 22.6. The van der Waals surface area contributed by atoms with E-state index in [9.17, 15) is 0 Å². The molecule has 0 saturated carbocycles. The molecule has 4 aromatic rings. The number of rotatable bonds is 9. The molecule has 2 aromatic heterocycles. The summed E-state index contributed by atoms with van der Waals surface area (Å²) in [4.78, 5) is 4.79. The number of ether oxygens (including phenoxy) is 3. The van der Waals surface area contributed by atoms with E-state index in [2.05, 4.69) is 22.2 Å². The molecule has 1 aliphatic heterocycles. The maximum Gasteiger partial charge on any atom is 0.231 e. The Balaban J connectivity index is 1.25. The van der Waals surface area contributed by atoms with Gasteiger partial charge in [-0.05, 0) is 37.3 Å². The molecule has 1 aliphatic rings. The number of fused-ring (bicyclic) bond motifs is 1. The van der Waals surface area contributed by atoms with Crippen molar-refractivity contribution in [2.75, 3.05) is 6.79 Å². The van der Waals surface area contributed by atoms with Gasteiger partial charge in [0, 0.05) is 23.2 Å². The molecule has 7 nitrogen and oxygen atoms in total. The van der Waals surface area contributed by atoms with E-state index in [-0.39, 0.29) is 6.79 Å². The lowest BCUT2D eigenvalue weighted by Crippen LogP contribution is -2.07. The Hall–Kier alpha value is -3.30. The molecule has 3 heterocycles. The highest BCUT2D eigenvalue weighted by Gasteiger charge is 2.16. The van der Waals surface area contributed by atoms with Gasteiger partial charge in [0.15, 0.2) is 22.5 Å². The highest BCUT2D eigenvalue weighted by Crippen LogP contribution is 2.37. The SMILES string of the molecule is C=CCn1c(COc2ccc(C)cc2)nnc1SCc1csc(-c2ccc3c(c2)OCO3)n1. The van der Waals surface area contributed by atoms with Gasteiger partial charge in [0.25, 0.3) is 0 Å². The largest absolute Gasteiger partial charge is 0.486 e. The van der Waals surface area contributed by atoms with Crippen molar-refractivity contribution >= 4 is 23.1 Å². The molecule has 0 aliphatic carbocycles. The lowest BCUT2D eigenvalue weighted by Gasteiger charge is -2.09. The minimum Gasteiger partial charge on any atom is -0.486 e. The molecule has 0 atom stereocenters. The molecule has 0 amide bonds. The summed E-state index contributed by atoms with van der Waals surface area (Å²) in [5.74, 6) is 3.79. The molecular weight excluding hydrogens is 456 g/mol. The molecule has 5 rings (SSSR count). The standard InChI is InChI=1S/C24H22N4O3S2/c1-3-10-28-22(12-29-19-7-4-16(2)5-8-19)26-27-24(28)33-14-18-13-32-23(25-18)17-6-9-20-21(11-17)31-15-30-20/h3-9,11,13H,1,10,12,14-15H2,2H3. The van der Waals surface area contributed by atoms with E-state index in [1.165, 1.54) is 5.56 Å². The topological polar surface area (TPSA) is 71.3 Å². The fourth-order valence-corrected chi connectivity index (χ4v) is 5.08. The van der Waals surface area contributed by atoms with Crippen molar-refractivity contribution in [2.45, 2.75) is 31.0 Å². The van der Waals surface area contributed by atoms with Gasteiger partial charge < -0.3 is 14.2 Å². The highest BCUT2D eigenvalue weighted by atomic mass is 32.2. The van der Waals surface area contributed by atoms with Crippen molar-refractivity contribution in [1.82, 2.24) is 19.7 Å². The van der Waals surface area contributed by atoms with Crippen molar-refractivity contribution in [3.05, 3.63) is 77.6 Å². The number of aromatic nitrogens is 4. The Kier molecular flexibility index (Phi) is 6.32. The van der Waals surface area contributed by atoms with Gasteiger partial charge >= 0.3 is 0 Å². The van der Waals surface area contributed by atoms with Crippen LogP contribution in [0.5, 0.6) is 17.2 Å². The van der Waals surface area contributed by atoms with Gasteiger partial charge in [0.1, 0.15) is 17.4 Å². The Bertz CT molecular complexity index is 1270. The molecule has 9 heteroatoms. The van der Waals surface area contributed by atoms with Crippen molar-refractivity contribution in [3.8, 4) is 27.8 Å². The third-order valence-electron chi connectivity index (χ3n) is 5.01. The second-order valence-electron chi connectivity index (χ2n) is 7.40. The van der Waals surface area contributed by atoms with E-state index in [1.807, 2.05) is 60.0 Å². The summed E-state index contributed by atoms with van der Waals surface area (Å²) < 4.78 is 18.8. The molecule has 0 saturated heterocycles. The van der Waals surface area contributed by atoms with E-state index >= 15 is 0 Å². The zero-order valence-electron chi connectivity index (χ0n) is 18.1. The smallest absolute Gasteiger partial charge is 0.231 e. The minimum absolute atomic E-state index is 0.266. The van der Waals surface area contributed by atoms with E-state index in [0.29, 0.717) is 18.9 Å². The lowest BCUT2D eigenvalue weighted by molar-refractivity contribution is 0.174. The van der Waals surface area contributed by atoms with E-state index in [1.54, 1.807) is 23.1 Å². The number of aryl methyl sites for hydroxylation is 1. The van der Waals surface area contributed by atoms with Gasteiger partial charge in [-0.25, -0.2) is 4.98 Å². The Morgan fingerprint density at radius 3 is 2.85 bits per heavy atom. The Labute approximate surface area is 200 Å². The maximum atomic E-state index is 5.90. The number of nitrogens with zero attached hydrogens (tertiary/aromatic N) is 4. The van der Waals surface area contributed by atoms with Crippen LogP contribution < -0.4 is 14.2 Å². The molecule has 0 unspecified atom stereocenters. The van der Waals surface area contributed by atoms with Crippen LogP contribution in [0.15, 0.2) is 65.7 Å². The third kappa shape index (κ3) is 4.89. The van der Waals surface area contributed by atoms with Crippen LogP contribution in [0, 0.1) is 6.92 Å². The van der Waals surface area contributed by atoms with Crippen LogP contribution in [-0.4, -0.2) is 26.5 Å². The first-order valence-electron chi connectivity index (χ1n) is 10.4. The lowest BCUT2D eigenvalue weighted by atomic mass is 10.2. The molecule has 0 bridgehead atoms. The van der Waals surface area contributed by atoms with Crippen molar-refractivity contribution < 1.29 is 14.2 Å². The van der Waals surface area contributed by atoms with E-state index in [0.717, 1.165) is 44.5 Å². The molecule has 0 spiro atoms. The van der Waals surface area contributed by atoms with E-state index < -0.39 is 0 Å². The summed E-state index contributed by atoms with van der Waals surface area (Å²) in [5, 5.41) is 12.6. The summed E-state index contributed by atoms with van der Waals surface area (Å²) in [5.41, 5.74) is 3.20. The average Bonchev–Trinajstić information content (AvgIpc) is 3.57. The van der Waals surface area contributed by atoms with Crippen LogP contribution in [0.1, 0.15) is 17.1 Å². The fraction of sp³-hybridized carbons (Fsp3) is 0.208. The minimum atomic E-state index is 0.266. The van der Waals surface area contributed by atoms with Crippen LogP contribution in [0.25, 0.3) is 10.6 Å². The first-order chi connectivity index (χ1) is 16.2. The predicted octanol–water partition coefficient (Wildman–Crippen LogP) is 5.50. The number of allylic oxidation sites excluding steroid dienone is 1. The summed E-state index contributed by atoms with van der Waals surface area (Å²) in [6.07, 6.45) is 1.84. The number of thioether (sulfide) groups is 1. The van der Waals surface area contributed by atoms with Crippen LogP contribution in [-0.2, 0) is 18.9 Å².